The van der Waals surface area contributed by atoms with Crippen molar-refractivity contribution in [3.05, 3.63) is 106 Å². The number of anilines is 1. The average molecular weight is 488 g/mol. The van der Waals surface area contributed by atoms with E-state index in [0.29, 0.717) is 34.7 Å². The maximum Gasteiger partial charge on any atom is 0.284 e. The highest BCUT2D eigenvalue weighted by Crippen LogP contribution is 2.34. The molecule has 7 heteroatoms. The molecule has 0 spiro atoms. The average Bonchev–Trinajstić information content (AvgIpc) is 2.90. The van der Waals surface area contributed by atoms with Crippen molar-refractivity contribution in [1.29, 1.82) is 0 Å². The quantitative estimate of drug-likeness (QED) is 0.200. The second-order valence-electron chi connectivity index (χ2n) is 8.32. The number of ether oxygens (including phenoxy) is 1. The van der Waals surface area contributed by atoms with Gasteiger partial charge >= 0.3 is 0 Å². The first-order valence-electron chi connectivity index (χ1n) is 12.1. The van der Waals surface area contributed by atoms with Crippen molar-refractivity contribution < 1.29 is 14.5 Å². The smallest absolute Gasteiger partial charge is 0.284 e. The monoisotopic (exact) mass is 487 g/mol. The normalized spacial score (nSPS) is 11.7. The zero-order valence-electron chi connectivity index (χ0n) is 21.3. The van der Waals surface area contributed by atoms with Crippen LogP contribution in [0.4, 0.5) is 5.69 Å². The Hall–Kier alpha value is -3.97. The molecule has 0 atom stereocenters. The number of hydrogen-bond acceptors (Lipinski definition) is 5. The molecule has 0 aliphatic carbocycles. The number of benzene rings is 3. The summed E-state index contributed by atoms with van der Waals surface area (Å²) in [6.07, 6.45) is 0. The number of nitrogens with zero attached hydrogens (tertiary/aromatic N) is 3. The van der Waals surface area contributed by atoms with Crippen molar-refractivity contribution in [2.75, 3.05) is 38.2 Å². The summed E-state index contributed by atoms with van der Waals surface area (Å²) in [6, 6.07) is 23.5. The van der Waals surface area contributed by atoms with E-state index in [-0.39, 0.29) is 16.5 Å². The third-order valence-electron chi connectivity index (χ3n) is 6.23. The Morgan fingerprint density at radius 3 is 1.89 bits per heavy atom. The minimum atomic E-state index is -0.343. The van der Waals surface area contributed by atoms with Crippen LogP contribution in [0.25, 0.3) is 11.3 Å². The van der Waals surface area contributed by atoms with Gasteiger partial charge in [0, 0.05) is 25.7 Å². The Morgan fingerprint density at radius 1 is 0.833 bits per heavy atom. The number of nitro groups is 1. The van der Waals surface area contributed by atoms with Gasteiger partial charge in [0.25, 0.3) is 5.70 Å². The van der Waals surface area contributed by atoms with Crippen molar-refractivity contribution in [3.63, 3.8) is 0 Å². The van der Waals surface area contributed by atoms with Gasteiger partial charge in [0.2, 0.25) is 5.91 Å². The highest BCUT2D eigenvalue weighted by Gasteiger charge is 2.24. The third kappa shape index (κ3) is 6.37. The second kappa shape index (κ2) is 12.7. The van der Waals surface area contributed by atoms with Gasteiger partial charge < -0.3 is 14.5 Å². The molecule has 0 saturated carbocycles. The first-order chi connectivity index (χ1) is 17.4. The molecule has 3 rings (SSSR count). The predicted molar refractivity (Wildman–Crippen MR) is 145 cm³/mol. The van der Waals surface area contributed by atoms with E-state index in [0.717, 1.165) is 25.2 Å². The lowest BCUT2D eigenvalue weighted by Crippen LogP contribution is -2.37. The molecule has 0 N–H and O–H groups in total. The fraction of sp³-hybridized carbons (Fsp3) is 0.276. The molecule has 36 heavy (non-hydrogen) atoms. The van der Waals surface area contributed by atoms with Gasteiger partial charge in [-0.2, -0.15) is 0 Å². The second-order valence-corrected chi connectivity index (χ2v) is 8.32. The summed E-state index contributed by atoms with van der Waals surface area (Å²) >= 11 is 0. The molecule has 0 aromatic heterocycles. The molecule has 188 valence electrons. The van der Waals surface area contributed by atoms with Crippen LogP contribution in [0.2, 0.25) is 0 Å². The lowest BCUT2D eigenvalue weighted by molar-refractivity contribution is -0.374. The van der Waals surface area contributed by atoms with E-state index >= 15 is 0 Å². The molecule has 3 aromatic carbocycles. The van der Waals surface area contributed by atoms with Crippen LogP contribution >= 0.6 is 0 Å². The number of hydrogen-bond donors (Lipinski definition) is 0. The van der Waals surface area contributed by atoms with E-state index in [4.69, 9.17) is 4.74 Å². The highest BCUT2D eigenvalue weighted by atomic mass is 16.6. The van der Waals surface area contributed by atoms with Crippen molar-refractivity contribution in [1.82, 2.24) is 4.90 Å². The van der Waals surface area contributed by atoms with Gasteiger partial charge in [-0.1, -0.05) is 56.3 Å². The van der Waals surface area contributed by atoms with Crippen LogP contribution in [-0.4, -0.2) is 49.0 Å². The van der Waals surface area contributed by atoms with Crippen LogP contribution in [0.3, 0.4) is 0 Å². The van der Waals surface area contributed by atoms with Crippen molar-refractivity contribution in [2.24, 2.45) is 0 Å². The zero-order chi connectivity index (χ0) is 26.1. The zero-order valence-corrected chi connectivity index (χ0v) is 21.3. The van der Waals surface area contributed by atoms with Crippen LogP contribution in [-0.2, 0) is 4.79 Å². The maximum absolute atomic E-state index is 12.4. The molecule has 0 aliphatic rings. The molecule has 3 aromatic rings. The fourth-order valence-corrected chi connectivity index (χ4v) is 4.19. The predicted octanol–water partition coefficient (Wildman–Crippen LogP) is 5.58. The number of rotatable bonds is 11. The van der Waals surface area contributed by atoms with Gasteiger partial charge in [0.1, 0.15) is 5.75 Å². The van der Waals surface area contributed by atoms with Gasteiger partial charge in [-0.15, -0.1) is 0 Å². The molecule has 0 unspecified atom stereocenters. The summed E-state index contributed by atoms with van der Waals surface area (Å²) in [4.78, 5) is 28.4. The molecule has 1 amide bonds. The third-order valence-corrected chi connectivity index (χ3v) is 6.23. The topological polar surface area (TPSA) is 75.9 Å². The summed E-state index contributed by atoms with van der Waals surface area (Å²) in [5.74, 6) is 0.607. The maximum atomic E-state index is 12.4. The molecular formula is C29H33N3O4. The molecule has 0 heterocycles. The van der Waals surface area contributed by atoms with Crippen LogP contribution in [0.5, 0.6) is 5.75 Å². The van der Waals surface area contributed by atoms with Gasteiger partial charge in [-0.25, -0.2) is 0 Å². The first kappa shape index (κ1) is 26.6. The van der Waals surface area contributed by atoms with Crippen LogP contribution in [0.15, 0.2) is 78.9 Å². The molecule has 0 bridgehead atoms. The van der Waals surface area contributed by atoms with Crippen molar-refractivity contribution in [3.8, 4) is 5.75 Å². The Bertz CT molecular complexity index is 1190. The van der Waals surface area contributed by atoms with Gasteiger partial charge in [-0.3, -0.25) is 14.9 Å². The number of carbonyl (C=O) groups excluding carboxylic acids is 1. The van der Waals surface area contributed by atoms with E-state index in [1.54, 1.807) is 48.4 Å². The van der Waals surface area contributed by atoms with Gasteiger partial charge in [0.05, 0.1) is 23.2 Å². The van der Waals surface area contributed by atoms with E-state index in [9.17, 15) is 14.9 Å². The lowest BCUT2D eigenvalue weighted by atomic mass is 9.93. The molecule has 0 saturated heterocycles. The van der Waals surface area contributed by atoms with E-state index in [1.807, 2.05) is 42.5 Å². The lowest BCUT2D eigenvalue weighted by Gasteiger charge is -2.25. The number of methoxy groups -OCH3 is 1. The Labute approximate surface area is 212 Å². The molecular weight excluding hydrogens is 454 g/mol. The van der Waals surface area contributed by atoms with Crippen LogP contribution in [0.1, 0.15) is 37.5 Å². The molecule has 0 fully saturated rings. The van der Waals surface area contributed by atoms with Crippen LogP contribution < -0.4 is 9.64 Å². The number of carbonyl (C=O) groups is 1. The van der Waals surface area contributed by atoms with E-state index < -0.39 is 0 Å². The van der Waals surface area contributed by atoms with E-state index in [1.165, 1.54) is 6.92 Å². The summed E-state index contributed by atoms with van der Waals surface area (Å²) < 4.78 is 5.27. The van der Waals surface area contributed by atoms with Crippen molar-refractivity contribution >= 4 is 22.9 Å². The molecule has 7 nitrogen and oxygen atoms in total. The SMILES string of the molecule is CCN(CC)CCN(C(C)=O)c1ccc(C(=C(c2ccccc2)c2ccc(OC)cc2)[N+](=O)[O-])cc1. The van der Waals surface area contributed by atoms with Crippen LogP contribution in [0, 0.1) is 10.1 Å². The summed E-state index contributed by atoms with van der Waals surface area (Å²) in [6.45, 7) is 8.84. The van der Waals surface area contributed by atoms with Gasteiger partial charge in [-0.05, 0) is 60.6 Å². The minimum absolute atomic E-state index is 0.00423. The summed E-state index contributed by atoms with van der Waals surface area (Å²) in [5, 5.41) is 12.4. The Balaban J connectivity index is 2.07. The number of likely N-dealkylation sites (N-methyl/N-ethyl adjacent to an activating group) is 1. The standard InChI is InChI=1S/C29H33N3O4/c1-5-30(6-2)20-21-31(22(3)33)26-16-12-25(13-17-26)29(32(34)35)28(23-10-8-7-9-11-23)24-14-18-27(36-4)19-15-24/h7-19H,5-6,20-21H2,1-4H3. The fourth-order valence-electron chi connectivity index (χ4n) is 4.19. The minimum Gasteiger partial charge on any atom is -0.497 e. The highest BCUT2D eigenvalue weighted by molar-refractivity contribution is 5.96. The Kier molecular flexibility index (Phi) is 9.36. The van der Waals surface area contributed by atoms with Gasteiger partial charge in [0.15, 0.2) is 0 Å². The first-order valence-corrected chi connectivity index (χ1v) is 12.1. The Morgan fingerprint density at radius 2 is 1.39 bits per heavy atom. The van der Waals surface area contributed by atoms with Crippen molar-refractivity contribution in [2.45, 2.75) is 20.8 Å². The molecule has 0 aliphatic heterocycles. The summed E-state index contributed by atoms with van der Waals surface area (Å²) in [5.41, 5.74) is 3.14. The summed E-state index contributed by atoms with van der Waals surface area (Å²) in [7, 11) is 1.58. The molecule has 0 radical (unpaired) electrons. The van der Waals surface area contributed by atoms with E-state index in [2.05, 4.69) is 18.7 Å². The largest absolute Gasteiger partial charge is 0.497 e. The number of amides is 1.